The molecule has 118 valence electrons. The SMILES string of the molecule is CC[C@H](C)N1Cc2c(nc3cc(C(F)(F)F)[nH]n3c2=O)C1=O. The monoisotopic (exact) mass is 314 g/mol. The van der Waals surface area contributed by atoms with Gasteiger partial charge in [-0.2, -0.15) is 13.2 Å². The highest BCUT2D eigenvalue weighted by molar-refractivity contribution is 5.97. The van der Waals surface area contributed by atoms with Gasteiger partial charge in [0.1, 0.15) is 11.4 Å². The van der Waals surface area contributed by atoms with Crippen LogP contribution < -0.4 is 5.56 Å². The highest BCUT2D eigenvalue weighted by Crippen LogP contribution is 2.29. The normalized spacial score (nSPS) is 16.4. The fourth-order valence-electron chi connectivity index (χ4n) is 2.48. The van der Waals surface area contributed by atoms with Crippen LogP contribution in [0.3, 0.4) is 0 Å². The van der Waals surface area contributed by atoms with E-state index in [0.717, 1.165) is 10.6 Å². The molecule has 1 atom stereocenters. The molecule has 1 aliphatic rings. The van der Waals surface area contributed by atoms with Gasteiger partial charge in [0, 0.05) is 12.1 Å². The van der Waals surface area contributed by atoms with Gasteiger partial charge in [0.15, 0.2) is 5.65 Å². The third kappa shape index (κ3) is 1.99. The molecule has 0 radical (unpaired) electrons. The lowest BCUT2D eigenvalue weighted by Crippen LogP contribution is -2.33. The second kappa shape index (κ2) is 4.59. The van der Waals surface area contributed by atoms with Gasteiger partial charge in [0.05, 0.1) is 12.1 Å². The number of alkyl halides is 3. The van der Waals surface area contributed by atoms with Crippen LogP contribution in [0.4, 0.5) is 13.2 Å². The Morgan fingerprint density at radius 2 is 2.09 bits per heavy atom. The number of nitrogens with one attached hydrogen (secondary N) is 1. The summed E-state index contributed by atoms with van der Waals surface area (Å²) in [5, 5.41) is 1.99. The molecule has 2 aromatic heterocycles. The van der Waals surface area contributed by atoms with Crippen LogP contribution in [0.1, 0.15) is 42.0 Å². The third-order valence-corrected chi connectivity index (χ3v) is 3.93. The molecule has 0 aromatic carbocycles. The summed E-state index contributed by atoms with van der Waals surface area (Å²) in [6.45, 7) is 3.81. The fraction of sp³-hybridized carbons (Fsp3) is 0.462. The molecule has 1 amide bonds. The first-order valence-electron chi connectivity index (χ1n) is 6.76. The first-order valence-corrected chi connectivity index (χ1v) is 6.76. The highest BCUT2D eigenvalue weighted by Gasteiger charge is 2.37. The topological polar surface area (TPSA) is 70.5 Å². The maximum atomic E-state index is 12.7. The summed E-state index contributed by atoms with van der Waals surface area (Å²) in [5.74, 6) is -0.418. The minimum Gasteiger partial charge on any atom is -0.330 e. The number of amides is 1. The minimum atomic E-state index is -4.61. The lowest BCUT2D eigenvalue weighted by atomic mass is 10.2. The predicted molar refractivity (Wildman–Crippen MR) is 70.4 cm³/mol. The number of hydrogen-bond donors (Lipinski definition) is 1. The van der Waals surface area contributed by atoms with E-state index in [0.29, 0.717) is 6.42 Å². The maximum Gasteiger partial charge on any atom is 0.432 e. The number of halogens is 3. The molecule has 22 heavy (non-hydrogen) atoms. The van der Waals surface area contributed by atoms with E-state index in [-0.39, 0.29) is 29.5 Å². The second-order valence-electron chi connectivity index (χ2n) is 5.30. The van der Waals surface area contributed by atoms with Gasteiger partial charge >= 0.3 is 6.18 Å². The van der Waals surface area contributed by atoms with Gasteiger partial charge in [-0.15, -0.1) is 0 Å². The van der Waals surface area contributed by atoms with Gasteiger partial charge in [-0.05, 0) is 13.3 Å². The Kier molecular flexibility index (Phi) is 3.05. The van der Waals surface area contributed by atoms with E-state index in [4.69, 9.17) is 0 Å². The highest BCUT2D eigenvalue weighted by atomic mass is 19.4. The van der Waals surface area contributed by atoms with Gasteiger partial charge in [-0.25, -0.2) is 9.50 Å². The van der Waals surface area contributed by atoms with Crippen molar-refractivity contribution in [3.63, 3.8) is 0 Å². The number of aromatic nitrogens is 3. The molecule has 2 aromatic rings. The second-order valence-corrected chi connectivity index (χ2v) is 5.30. The van der Waals surface area contributed by atoms with Crippen molar-refractivity contribution >= 4 is 11.6 Å². The Bertz CT molecular complexity index is 821. The van der Waals surface area contributed by atoms with Crippen LogP contribution >= 0.6 is 0 Å². The van der Waals surface area contributed by atoms with Crippen LogP contribution in [0.2, 0.25) is 0 Å². The molecule has 0 fully saturated rings. The summed E-state index contributed by atoms with van der Waals surface area (Å²) in [7, 11) is 0. The van der Waals surface area contributed by atoms with Gasteiger partial charge in [0.2, 0.25) is 0 Å². The molecule has 1 N–H and O–H groups in total. The van der Waals surface area contributed by atoms with Gasteiger partial charge in [-0.1, -0.05) is 6.92 Å². The average Bonchev–Trinajstić information content (AvgIpc) is 3.01. The first kappa shape index (κ1) is 14.6. The quantitative estimate of drug-likeness (QED) is 0.919. The van der Waals surface area contributed by atoms with E-state index in [2.05, 4.69) is 4.98 Å². The van der Waals surface area contributed by atoms with Crippen LogP contribution in [-0.4, -0.2) is 31.4 Å². The van der Waals surface area contributed by atoms with Crippen LogP contribution in [0.15, 0.2) is 10.9 Å². The van der Waals surface area contributed by atoms with Gasteiger partial charge in [-0.3, -0.25) is 14.7 Å². The molecular formula is C13H13F3N4O2. The van der Waals surface area contributed by atoms with Crippen LogP contribution in [-0.2, 0) is 12.7 Å². The van der Waals surface area contributed by atoms with Crippen molar-refractivity contribution in [2.75, 3.05) is 0 Å². The number of nitrogens with zero attached hydrogens (tertiary/aromatic N) is 3. The first-order chi connectivity index (χ1) is 10.2. The van der Waals surface area contributed by atoms with E-state index in [1.807, 2.05) is 18.9 Å². The fourth-order valence-corrected chi connectivity index (χ4v) is 2.48. The molecule has 0 saturated carbocycles. The van der Waals surface area contributed by atoms with Crippen LogP contribution in [0.25, 0.3) is 5.65 Å². The zero-order valence-corrected chi connectivity index (χ0v) is 11.9. The maximum absolute atomic E-state index is 12.7. The predicted octanol–water partition coefficient (Wildman–Crippen LogP) is 1.80. The Morgan fingerprint density at radius 3 is 2.68 bits per heavy atom. The summed E-state index contributed by atoms with van der Waals surface area (Å²) in [6, 6.07) is 0.649. The smallest absolute Gasteiger partial charge is 0.330 e. The van der Waals surface area contributed by atoms with Crippen molar-refractivity contribution in [3.8, 4) is 0 Å². The molecule has 6 nitrogen and oxygen atoms in total. The Balaban J connectivity index is 2.16. The van der Waals surface area contributed by atoms with Crippen molar-refractivity contribution < 1.29 is 18.0 Å². The molecule has 0 unspecified atom stereocenters. The van der Waals surface area contributed by atoms with Crippen molar-refractivity contribution in [2.24, 2.45) is 0 Å². The Hall–Kier alpha value is -2.32. The van der Waals surface area contributed by atoms with E-state index in [9.17, 15) is 22.8 Å². The molecule has 3 rings (SSSR count). The zero-order valence-electron chi connectivity index (χ0n) is 11.9. The molecule has 0 bridgehead atoms. The number of rotatable bonds is 2. The molecule has 0 saturated heterocycles. The summed E-state index contributed by atoms with van der Waals surface area (Å²) >= 11 is 0. The van der Waals surface area contributed by atoms with Crippen LogP contribution in [0.5, 0.6) is 0 Å². The van der Waals surface area contributed by atoms with Gasteiger partial charge < -0.3 is 4.90 Å². The van der Waals surface area contributed by atoms with Crippen molar-refractivity contribution in [2.45, 2.75) is 39.0 Å². The van der Waals surface area contributed by atoms with Crippen molar-refractivity contribution in [1.82, 2.24) is 19.5 Å². The number of H-pyrrole nitrogens is 1. The largest absolute Gasteiger partial charge is 0.432 e. The average molecular weight is 314 g/mol. The molecular weight excluding hydrogens is 301 g/mol. The number of fused-ring (bicyclic) bond motifs is 2. The number of aromatic amines is 1. The summed E-state index contributed by atoms with van der Waals surface area (Å²) < 4.78 is 38.8. The molecule has 0 aliphatic carbocycles. The molecule has 1 aliphatic heterocycles. The molecule has 0 spiro atoms. The minimum absolute atomic E-state index is 0.0574. The Morgan fingerprint density at radius 1 is 1.41 bits per heavy atom. The van der Waals surface area contributed by atoms with E-state index in [1.165, 1.54) is 4.90 Å². The van der Waals surface area contributed by atoms with E-state index in [1.54, 1.807) is 0 Å². The summed E-state index contributed by atoms with van der Waals surface area (Å²) in [6.07, 6.45) is -3.91. The zero-order chi connectivity index (χ0) is 16.2. The number of hydrogen-bond acceptors (Lipinski definition) is 3. The van der Waals surface area contributed by atoms with Crippen molar-refractivity contribution in [3.05, 3.63) is 33.4 Å². The van der Waals surface area contributed by atoms with E-state index >= 15 is 0 Å². The Labute approximate surface area is 122 Å². The molecule has 9 heteroatoms. The standard InChI is InChI=1S/C13H13F3N4O2/c1-3-6(2)19-5-7-10(12(19)22)17-9-4-8(13(14,15)16)18-20(9)11(7)21/h4,6,18H,3,5H2,1-2H3/t6-/m0/s1. The lowest BCUT2D eigenvalue weighted by Gasteiger charge is -2.22. The number of carbonyl (C=O) groups excluding carboxylic acids is 1. The van der Waals surface area contributed by atoms with Crippen LogP contribution in [0, 0.1) is 0 Å². The van der Waals surface area contributed by atoms with E-state index < -0.39 is 23.3 Å². The van der Waals surface area contributed by atoms with Crippen molar-refractivity contribution in [1.29, 1.82) is 0 Å². The third-order valence-electron chi connectivity index (χ3n) is 3.93. The summed E-state index contributed by atoms with van der Waals surface area (Å²) in [4.78, 5) is 30.0. The molecule has 3 heterocycles. The number of carbonyl (C=O) groups is 1. The lowest BCUT2D eigenvalue weighted by molar-refractivity contribution is -0.141. The summed E-state index contributed by atoms with van der Waals surface area (Å²) in [5.41, 5.74) is -1.89. The van der Waals surface area contributed by atoms with Gasteiger partial charge in [0.25, 0.3) is 11.5 Å².